The Bertz CT molecular complexity index is 407. The van der Waals surface area contributed by atoms with Gasteiger partial charge in [0.15, 0.2) is 0 Å². The smallest absolute Gasteiger partial charge is 0.341 e. The van der Waals surface area contributed by atoms with Gasteiger partial charge < -0.3 is 4.74 Å². The van der Waals surface area contributed by atoms with Crippen LogP contribution in [0.25, 0.3) is 0 Å². The first-order chi connectivity index (χ1) is 7.12. The van der Waals surface area contributed by atoms with E-state index in [0.717, 1.165) is 19.3 Å². The molecule has 1 saturated carbocycles. The molecule has 0 aromatic heterocycles. The van der Waals surface area contributed by atoms with Crippen molar-refractivity contribution in [3.8, 4) is 0 Å². The quantitative estimate of drug-likeness (QED) is 0.282. The van der Waals surface area contributed by atoms with Gasteiger partial charge in [0, 0.05) is 11.0 Å². The fourth-order valence-electron chi connectivity index (χ4n) is 3.21. The van der Waals surface area contributed by atoms with Gasteiger partial charge in [-0.1, -0.05) is 18.7 Å². The van der Waals surface area contributed by atoms with Crippen LogP contribution in [0.1, 0.15) is 19.3 Å². The van der Waals surface area contributed by atoms with Crippen molar-refractivity contribution >= 4 is 11.9 Å². The summed E-state index contributed by atoms with van der Waals surface area (Å²) in [5.41, 5.74) is 0.178. The summed E-state index contributed by atoms with van der Waals surface area (Å²) < 4.78 is 4.63. The van der Waals surface area contributed by atoms with Crippen molar-refractivity contribution in [2.45, 2.75) is 19.3 Å². The zero-order chi connectivity index (χ0) is 10.6. The van der Waals surface area contributed by atoms with E-state index in [9.17, 15) is 9.59 Å². The zero-order valence-corrected chi connectivity index (χ0v) is 8.36. The first-order valence-corrected chi connectivity index (χ1v) is 5.27. The lowest BCUT2D eigenvalue weighted by Gasteiger charge is -2.27. The molecular weight excluding hydrogens is 192 g/mol. The number of cyclic esters (lactones) is 2. The van der Waals surface area contributed by atoms with Crippen LogP contribution < -0.4 is 0 Å². The SMILES string of the molecule is C=C1C(=O)OC(=O)C1C12C=CC(CC1)C2. The minimum absolute atomic E-state index is 0.162. The third kappa shape index (κ3) is 1.01. The number of carbonyl (C=O) groups is 2. The van der Waals surface area contributed by atoms with Crippen LogP contribution in [0, 0.1) is 17.3 Å². The van der Waals surface area contributed by atoms with Gasteiger partial charge in [0.25, 0.3) is 0 Å². The molecule has 78 valence electrons. The van der Waals surface area contributed by atoms with Crippen LogP contribution in [-0.2, 0) is 14.3 Å². The molecule has 1 saturated heterocycles. The lowest BCUT2D eigenvalue weighted by atomic mass is 9.72. The highest BCUT2D eigenvalue weighted by molar-refractivity contribution is 6.07. The number of hydrogen-bond donors (Lipinski definition) is 0. The van der Waals surface area contributed by atoms with E-state index in [1.807, 2.05) is 0 Å². The van der Waals surface area contributed by atoms with Gasteiger partial charge in [0.1, 0.15) is 0 Å². The fraction of sp³-hybridized carbons (Fsp3) is 0.500. The molecule has 0 spiro atoms. The van der Waals surface area contributed by atoms with Crippen molar-refractivity contribution in [2.24, 2.45) is 17.3 Å². The van der Waals surface area contributed by atoms with Crippen molar-refractivity contribution in [3.63, 3.8) is 0 Å². The molecule has 3 atom stereocenters. The molecule has 15 heavy (non-hydrogen) atoms. The molecule has 3 aliphatic rings. The Balaban J connectivity index is 2.01. The minimum Gasteiger partial charge on any atom is -0.389 e. The number of esters is 2. The number of ether oxygens (including phenoxy) is 1. The summed E-state index contributed by atoms with van der Waals surface area (Å²) in [5.74, 6) is -0.782. The van der Waals surface area contributed by atoms with E-state index in [1.165, 1.54) is 0 Å². The molecule has 0 radical (unpaired) electrons. The maximum absolute atomic E-state index is 11.6. The minimum atomic E-state index is -0.539. The Hall–Kier alpha value is -1.38. The van der Waals surface area contributed by atoms with Crippen LogP contribution in [0.5, 0.6) is 0 Å². The van der Waals surface area contributed by atoms with Gasteiger partial charge >= 0.3 is 11.9 Å². The molecule has 0 aromatic rings. The normalized spacial score (nSPS) is 42.8. The molecule has 2 fully saturated rings. The Kier molecular flexibility index (Phi) is 1.54. The molecule has 2 bridgehead atoms. The van der Waals surface area contributed by atoms with Gasteiger partial charge in [-0.25, -0.2) is 4.79 Å². The van der Waals surface area contributed by atoms with E-state index >= 15 is 0 Å². The van der Waals surface area contributed by atoms with Crippen molar-refractivity contribution in [3.05, 3.63) is 24.3 Å². The van der Waals surface area contributed by atoms with Crippen molar-refractivity contribution in [1.82, 2.24) is 0 Å². The van der Waals surface area contributed by atoms with Gasteiger partial charge in [-0.3, -0.25) is 4.79 Å². The summed E-state index contributed by atoms with van der Waals surface area (Å²) in [6.45, 7) is 3.69. The predicted octanol–water partition coefficient (Wildman–Crippen LogP) is 1.60. The van der Waals surface area contributed by atoms with Crippen LogP contribution in [0.4, 0.5) is 0 Å². The van der Waals surface area contributed by atoms with Crippen molar-refractivity contribution in [1.29, 1.82) is 0 Å². The Morgan fingerprint density at radius 1 is 1.47 bits per heavy atom. The monoisotopic (exact) mass is 204 g/mol. The van der Waals surface area contributed by atoms with Gasteiger partial charge in [0.05, 0.1) is 5.92 Å². The van der Waals surface area contributed by atoms with Crippen molar-refractivity contribution in [2.75, 3.05) is 0 Å². The zero-order valence-electron chi connectivity index (χ0n) is 8.36. The van der Waals surface area contributed by atoms with Crippen LogP contribution in [0.2, 0.25) is 0 Å². The number of rotatable bonds is 1. The second-order valence-electron chi connectivity index (χ2n) is 4.76. The summed E-state index contributed by atoms with van der Waals surface area (Å²) in [6.07, 6.45) is 7.31. The van der Waals surface area contributed by atoms with Gasteiger partial charge in [-0.2, -0.15) is 0 Å². The van der Waals surface area contributed by atoms with Gasteiger partial charge in [-0.15, -0.1) is 0 Å². The first kappa shape index (κ1) is 8.89. The lowest BCUT2D eigenvalue weighted by molar-refractivity contribution is -0.153. The number of fused-ring (bicyclic) bond motifs is 2. The van der Waals surface area contributed by atoms with Crippen LogP contribution in [0.3, 0.4) is 0 Å². The number of carbonyl (C=O) groups excluding carboxylic acids is 2. The average molecular weight is 204 g/mol. The molecule has 0 aromatic carbocycles. The van der Waals surface area contributed by atoms with E-state index in [4.69, 9.17) is 0 Å². The first-order valence-electron chi connectivity index (χ1n) is 5.27. The molecule has 1 aliphatic heterocycles. The fourth-order valence-corrected chi connectivity index (χ4v) is 3.21. The third-order valence-corrected chi connectivity index (χ3v) is 3.94. The number of allylic oxidation sites excluding steroid dienone is 2. The van der Waals surface area contributed by atoms with Gasteiger partial charge in [0.2, 0.25) is 0 Å². The molecule has 3 rings (SSSR count). The highest BCUT2D eigenvalue weighted by atomic mass is 16.6. The molecule has 0 amide bonds. The Morgan fingerprint density at radius 3 is 2.67 bits per heavy atom. The highest BCUT2D eigenvalue weighted by Gasteiger charge is 2.55. The largest absolute Gasteiger partial charge is 0.389 e. The second kappa shape index (κ2) is 2.60. The van der Waals surface area contributed by atoms with Crippen LogP contribution in [0.15, 0.2) is 24.3 Å². The van der Waals surface area contributed by atoms with E-state index in [1.54, 1.807) is 0 Å². The summed E-state index contributed by atoms with van der Waals surface area (Å²) in [6, 6.07) is 0. The Morgan fingerprint density at radius 2 is 2.27 bits per heavy atom. The number of hydrogen-bond acceptors (Lipinski definition) is 3. The van der Waals surface area contributed by atoms with Crippen molar-refractivity contribution < 1.29 is 14.3 Å². The maximum Gasteiger partial charge on any atom is 0.341 e. The predicted molar refractivity (Wildman–Crippen MR) is 52.6 cm³/mol. The second-order valence-corrected chi connectivity index (χ2v) is 4.76. The molecule has 3 unspecified atom stereocenters. The molecular formula is C12H12O3. The maximum atomic E-state index is 11.6. The summed E-state index contributed by atoms with van der Waals surface area (Å²) in [4.78, 5) is 22.9. The molecule has 0 N–H and O–H groups in total. The van der Waals surface area contributed by atoms with Crippen LogP contribution >= 0.6 is 0 Å². The summed E-state index contributed by atoms with van der Waals surface area (Å²) in [7, 11) is 0. The molecule has 3 heteroatoms. The van der Waals surface area contributed by atoms with E-state index in [2.05, 4.69) is 23.5 Å². The standard InChI is InChI=1S/C12H12O3/c1-7-9(11(14)15-10(7)13)12-4-2-8(6-12)3-5-12/h2,4,8-9H,1,3,5-6H2. The molecule has 2 aliphatic carbocycles. The third-order valence-electron chi connectivity index (χ3n) is 3.94. The van der Waals surface area contributed by atoms with E-state index in [0.29, 0.717) is 11.5 Å². The average Bonchev–Trinajstić information content (AvgIpc) is 2.82. The Labute approximate surface area is 87.8 Å². The molecule has 1 heterocycles. The summed E-state index contributed by atoms with van der Waals surface area (Å²) in [5, 5.41) is 0. The topological polar surface area (TPSA) is 43.4 Å². The summed E-state index contributed by atoms with van der Waals surface area (Å²) >= 11 is 0. The van der Waals surface area contributed by atoms with Crippen LogP contribution in [-0.4, -0.2) is 11.9 Å². The highest BCUT2D eigenvalue weighted by Crippen LogP contribution is 2.56. The van der Waals surface area contributed by atoms with E-state index < -0.39 is 17.9 Å². The molecule has 3 nitrogen and oxygen atoms in total. The lowest BCUT2D eigenvalue weighted by Crippen LogP contribution is -2.29. The van der Waals surface area contributed by atoms with E-state index in [-0.39, 0.29) is 5.41 Å². The van der Waals surface area contributed by atoms with Gasteiger partial charge in [-0.05, 0) is 25.2 Å².